The number of imidazole rings is 1. The third-order valence-electron chi connectivity index (χ3n) is 3.10. The molecule has 25 heavy (non-hydrogen) atoms. The van der Waals surface area contributed by atoms with Crippen molar-refractivity contribution in [1.82, 2.24) is 20.3 Å². The monoisotopic (exact) mass is 359 g/mol. The zero-order valence-corrected chi connectivity index (χ0v) is 13.8. The van der Waals surface area contributed by atoms with Crippen LogP contribution in [0, 0.1) is 0 Å². The normalized spacial score (nSPS) is 10.4. The number of hydrogen-bond acceptors (Lipinski definition) is 7. The molecule has 0 radical (unpaired) electrons. The smallest absolute Gasteiger partial charge is 0.414 e. The van der Waals surface area contributed by atoms with Crippen molar-refractivity contribution in [2.75, 3.05) is 11.9 Å². The number of alkyl carbamates (subject to hydrolysis) is 1. The molecule has 0 aliphatic heterocycles. The molecule has 0 atom stereocenters. The van der Waals surface area contributed by atoms with Crippen LogP contribution >= 0.6 is 11.3 Å². The number of pyridine rings is 1. The molecule has 0 saturated heterocycles. The van der Waals surface area contributed by atoms with Gasteiger partial charge in [0, 0.05) is 6.20 Å². The Kier molecular flexibility index (Phi) is 4.70. The standard InChI is InChI=1S/C15H13N5O4S/c1-2-24-15(23)20-12(21)8-5-7-25-14(8)19-13(22)11-17-9-4-3-6-16-10(9)18-11/h3-7H,2H2,1H3,(H,19,22)(H,16,17,18)(H,20,21,23). The van der Waals surface area contributed by atoms with Gasteiger partial charge in [0.25, 0.3) is 11.8 Å². The van der Waals surface area contributed by atoms with Crippen molar-refractivity contribution in [3.05, 3.63) is 41.2 Å². The van der Waals surface area contributed by atoms with E-state index in [-0.39, 0.29) is 18.0 Å². The number of nitrogens with one attached hydrogen (secondary N) is 3. The number of nitrogens with zero attached hydrogens (tertiary/aromatic N) is 2. The topological polar surface area (TPSA) is 126 Å². The Bertz CT molecular complexity index is 915. The number of carbonyl (C=O) groups excluding carboxylic acids is 3. The van der Waals surface area contributed by atoms with E-state index in [1.807, 2.05) is 0 Å². The maximum atomic E-state index is 12.3. The van der Waals surface area contributed by atoms with Crippen LogP contribution in [0.3, 0.4) is 0 Å². The summed E-state index contributed by atoms with van der Waals surface area (Å²) >= 11 is 1.15. The van der Waals surface area contributed by atoms with Crippen LogP contribution in [0.4, 0.5) is 9.80 Å². The first-order valence-corrected chi connectivity index (χ1v) is 8.14. The maximum absolute atomic E-state index is 12.3. The molecule has 3 amide bonds. The van der Waals surface area contributed by atoms with E-state index in [2.05, 4.69) is 30.3 Å². The van der Waals surface area contributed by atoms with Crippen LogP contribution in [-0.4, -0.2) is 39.5 Å². The van der Waals surface area contributed by atoms with E-state index in [1.54, 1.807) is 30.6 Å². The Morgan fingerprint density at radius 1 is 1.28 bits per heavy atom. The fourth-order valence-corrected chi connectivity index (χ4v) is 2.81. The molecule has 3 rings (SSSR count). The maximum Gasteiger partial charge on any atom is 0.414 e. The van der Waals surface area contributed by atoms with Gasteiger partial charge in [-0.2, -0.15) is 0 Å². The van der Waals surface area contributed by atoms with Crippen LogP contribution in [-0.2, 0) is 4.74 Å². The molecule has 10 heteroatoms. The summed E-state index contributed by atoms with van der Waals surface area (Å²) in [5.41, 5.74) is 1.19. The number of amides is 3. The molecule has 0 bridgehead atoms. The fraction of sp³-hybridized carbons (Fsp3) is 0.133. The van der Waals surface area contributed by atoms with Gasteiger partial charge in [-0.15, -0.1) is 11.3 Å². The molecule has 3 N–H and O–H groups in total. The highest BCUT2D eigenvalue weighted by molar-refractivity contribution is 7.14. The summed E-state index contributed by atoms with van der Waals surface area (Å²) in [7, 11) is 0. The van der Waals surface area contributed by atoms with Gasteiger partial charge in [0.05, 0.1) is 17.7 Å². The molecule has 3 aromatic heterocycles. The number of H-pyrrole nitrogens is 1. The summed E-state index contributed by atoms with van der Waals surface area (Å²) in [6.07, 6.45) is 0.724. The van der Waals surface area contributed by atoms with Crippen molar-refractivity contribution in [1.29, 1.82) is 0 Å². The largest absolute Gasteiger partial charge is 0.450 e. The van der Waals surface area contributed by atoms with Crippen molar-refractivity contribution >= 4 is 45.4 Å². The molecule has 3 heterocycles. The zero-order chi connectivity index (χ0) is 17.8. The second-order valence-electron chi connectivity index (χ2n) is 4.75. The molecule has 3 aromatic rings. The third kappa shape index (κ3) is 3.63. The van der Waals surface area contributed by atoms with Gasteiger partial charge in [0.2, 0.25) is 0 Å². The number of thiophene rings is 1. The molecule has 0 fully saturated rings. The number of fused-ring (bicyclic) bond motifs is 1. The van der Waals surface area contributed by atoms with Gasteiger partial charge in [-0.1, -0.05) is 0 Å². The highest BCUT2D eigenvalue weighted by atomic mass is 32.1. The molecule has 0 saturated carbocycles. The minimum atomic E-state index is -0.848. The molecule has 9 nitrogen and oxygen atoms in total. The van der Waals surface area contributed by atoms with E-state index in [1.165, 1.54) is 6.07 Å². The van der Waals surface area contributed by atoms with Gasteiger partial charge in [-0.25, -0.2) is 14.8 Å². The summed E-state index contributed by atoms with van der Waals surface area (Å²) < 4.78 is 4.66. The fourth-order valence-electron chi connectivity index (χ4n) is 2.03. The Morgan fingerprint density at radius 2 is 2.12 bits per heavy atom. The van der Waals surface area contributed by atoms with Gasteiger partial charge < -0.3 is 15.0 Å². The highest BCUT2D eigenvalue weighted by Gasteiger charge is 2.19. The van der Waals surface area contributed by atoms with E-state index < -0.39 is 17.9 Å². The van der Waals surface area contributed by atoms with E-state index in [9.17, 15) is 14.4 Å². The number of aromatic amines is 1. The minimum Gasteiger partial charge on any atom is -0.450 e. The Balaban J connectivity index is 1.75. The second kappa shape index (κ2) is 7.09. The molecule has 0 aliphatic carbocycles. The Morgan fingerprint density at radius 3 is 2.88 bits per heavy atom. The molecule has 0 unspecified atom stereocenters. The lowest BCUT2D eigenvalue weighted by molar-refractivity contribution is 0.0926. The van der Waals surface area contributed by atoms with Crippen molar-refractivity contribution in [2.45, 2.75) is 6.92 Å². The lowest BCUT2D eigenvalue weighted by atomic mass is 10.3. The average molecular weight is 359 g/mol. The number of anilines is 1. The second-order valence-corrected chi connectivity index (χ2v) is 5.67. The molecule has 128 valence electrons. The highest BCUT2D eigenvalue weighted by Crippen LogP contribution is 2.24. The number of imide groups is 1. The predicted octanol–water partition coefficient (Wildman–Crippen LogP) is 2.16. The summed E-state index contributed by atoms with van der Waals surface area (Å²) in [6, 6.07) is 4.96. The van der Waals surface area contributed by atoms with E-state index in [4.69, 9.17) is 0 Å². The first-order valence-electron chi connectivity index (χ1n) is 7.26. The lowest BCUT2D eigenvalue weighted by Gasteiger charge is -2.06. The number of hydrogen-bond donors (Lipinski definition) is 3. The van der Waals surface area contributed by atoms with Crippen LogP contribution in [0.25, 0.3) is 11.2 Å². The lowest BCUT2D eigenvalue weighted by Crippen LogP contribution is -2.31. The van der Waals surface area contributed by atoms with Crippen LogP contribution in [0.2, 0.25) is 0 Å². The Hall–Kier alpha value is -3.27. The molecule has 0 aliphatic rings. The number of rotatable bonds is 4. The van der Waals surface area contributed by atoms with Crippen molar-refractivity contribution in [3.8, 4) is 0 Å². The van der Waals surface area contributed by atoms with Gasteiger partial charge >= 0.3 is 6.09 Å². The van der Waals surface area contributed by atoms with Crippen LogP contribution in [0.15, 0.2) is 29.8 Å². The summed E-state index contributed by atoms with van der Waals surface area (Å²) in [6.45, 7) is 1.77. The van der Waals surface area contributed by atoms with Crippen molar-refractivity contribution < 1.29 is 19.1 Å². The van der Waals surface area contributed by atoms with E-state index >= 15 is 0 Å². The zero-order valence-electron chi connectivity index (χ0n) is 13.0. The number of aromatic nitrogens is 3. The molecule has 0 aromatic carbocycles. The van der Waals surface area contributed by atoms with E-state index in [0.717, 1.165) is 11.3 Å². The summed E-state index contributed by atoms with van der Waals surface area (Å²) in [5.74, 6) is -1.12. The molecular weight excluding hydrogens is 346 g/mol. The van der Waals surface area contributed by atoms with Crippen molar-refractivity contribution in [3.63, 3.8) is 0 Å². The SMILES string of the molecule is CCOC(=O)NC(=O)c1ccsc1NC(=O)c1nc2ncccc2[nH]1. The van der Waals surface area contributed by atoms with Gasteiger partial charge in [0.1, 0.15) is 5.00 Å². The first kappa shape index (κ1) is 16.6. The van der Waals surface area contributed by atoms with Gasteiger partial charge in [0.15, 0.2) is 11.5 Å². The van der Waals surface area contributed by atoms with Gasteiger partial charge in [-0.05, 0) is 30.5 Å². The predicted molar refractivity (Wildman–Crippen MR) is 90.6 cm³/mol. The summed E-state index contributed by atoms with van der Waals surface area (Å²) in [4.78, 5) is 46.7. The van der Waals surface area contributed by atoms with Crippen LogP contribution in [0.5, 0.6) is 0 Å². The number of ether oxygens (including phenoxy) is 1. The Labute approximate surface area is 145 Å². The van der Waals surface area contributed by atoms with E-state index in [0.29, 0.717) is 16.2 Å². The minimum absolute atomic E-state index is 0.0684. The van der Waals surface area contributed by atoms with Crippen molar-refractivity contribution in [2.24, 2.45) is 0 Å². The third-order valence-corrected chi connectivity index (χ3v) is 3.93. The first-order chi connectivity index (χ1) is 12.1. The number of carbonyl (C=O) groups is 3. The average Bonchev–Trinajstić information content (AvgIpc) is 3.21. The molecular formula is C15H13N5O4S. The molecule has 0 spiro atoms. The summed E-state index contributed by atoms with van der Waals surface area (Å²) in [5, 5.41) is 6.59. The van der Waals surface area contributed by atoms with Gasteiger partial charge in [-0.3, -0.25) is 14.9 Å². The van der Waals surface area contributed by atoms with Crippen LogP contribution < -0.4 is 10.6 Å². The quantitative estimate of drug-likeness (QED) is 0.655. The van der Waals surface area contributed by atoms with Crippen LogP contribution in [0.1, 0.15) is 27.9 Å².